The van der Waals surface area contributed by atoms with Crippen molar-refractivity contribution in [3.05, 3.63) is 53.9 Å². The molecule has 0 unspecified atom stereocenters. The van der Waals surface area contributed by atoms with Crippen molar-refractivity contribution in [3.63, 3.8) is 0 Å². The van der Waals surface area contributed by atoms with Crippen molar-refractivity contribution in [2.75, 3.05) is 13.1 Å². The van der Waals surface area contributed by atoms with Crippen molar-refractivity contribution in [3.8, 4) is 0 Å². The van der Waals surface area contributed by atoms with Gasteiger partial charge in [0.15, 0.2) is 0 Å². The van der Waals surface area contributed by atoms with Crippen LogP contribution in [0, 0.1) is 0 Å². The lowest BCUT2D eigenvalue weighted by molar-refractivity contribution is 0.191. The Morgan fingerprint density at radius 1 is 1.30 bits per heavy atom. The Bertz CT molecular complexity index is 637. The zero-order valence-electron chi connectivity index (χ0n) is 13.6. The fraction of sp³-hybridized carbons (Fsp3) is 0.444. The van der Waals surface area contributed by atoms with Crippen LogP contribution in [0.25, 0.3) is 0 Å². The topological polar surface area (TPSA) is 50.2 Å². The fourth-order valence-electron chi connectivity index (χ4n) is 3.27. The highest BCUT2D eigenvalue weighted by Gasteiger charge is 2.31. The first kappa shape index (κ1) is 15.6. The number of rotatable bonds is 5. The van der Waals surface area contributed by atoms with Crippen LogP contribution < -0.4 is 5.32 Å². The van der Waals surface area contributed by atoms with Crippen LogP contribution in [0.1, 0.15) is 37.1 Å². The van der Waals surface area contributed by atoms with Crippen LogP contribution in [0.5, 0.6) is 0 Å². The third kappa shape index (κ3) is 3.55. The maximum atomic E-state index is 12.5. The molecule has 0 bridgehead atoms. The molecular weight excluding hydrogens is 288 g/mol. The smallest absolute Gasteiger partial charge is 0.317 e. The van der Waals surface area contributed by atoms with E-state index in [0.29, 0.717) is 6.54 Å². The van der Waals surface area contributed by atoms with E-state index in [-0.39, 0.29) is 12.1 Å². The molecule has 1 aromatic carbocycles. The van der Waals surface area contributed by atoms with Gasteiger partial charge in [-0.2, -0.15) is 5.10 Å². The molecule has 1 aliphatic rings. The van der Waals surface area contributed by atoms with Gasteiger partial charge < -0.3 is 10.2 Å². The summed E-state index contributed by atoms with van der Waals surface area (Å²) in [6.07, 6.45) is 4.74. The number of hydrogen-bond donors (Lipinski definition) is 1. The summed E-state index contributed by atoms with van der Waals surface area (Å²) in [5.74, 6) is 0. The average Bonchev–Trinajstić information content (AvgIpc) is 3.24. The highest BCUT2D eigenvalue weighted by Crippen LogP contribution is 2.31. The molecule has 0 saturated carbocycles. The Morgan fingerprint density at radius 3 is 2.91 bits per heavy atom. The number of aryl methyl sites for hydroxylation is 1. The van der Waals surface area contributed by atoms with E-state index in [9.17, 15) is 4.79 Å². The number of amides is 2. The number of hydrogen-bond acceptors (Lipinski definition) is 2. The molecule has 0 radical (unpaired) electrons. The number of likely N-dealkylation sites (tertiary alicyclic amines) is 1. The fourth-order valence-corrected chi connectivity index (χ4v) is 3.27. The third-order valence-electron chi connectivity index (χ3n) is 4.44. The predicted molar refractivity (Wildman–Crippen MR) is 90.1 cm³/mol. The molecule has 1 fully saturated rings. The predicted octanol–water partition coefficient (Wildman–Crippen LogP) is 2.99. The van der Waals surface area contributed by atoms with Crippen LogP contribution in [-0.2, 0) is 13.0 Å². The van der Waals surface area contributed by atoms with E-state index in [1.165, 1.54) is 5.56 Å². The molecule has 1 atom stereocenters. The third-order valence-corrected chi connectivity index (χ3v) is 4.44. The van der Waals surface area contributed by atoms with E-state index in [1.807, 2.05) is 40.0 Å². The number of aromatic nitrogens is 2. The van der Waals surface area contributed by atoms with Gasteiger partial charge in [-0.15, -0.1) is 0 Å². The molecule has 1 saturated heterocycles. The van der Waals surface area contributed by atoms with Crippen LogP contribution in [0.15, 0.2) is 42.6 Å². The van der Waals surface area contributed by atoms with Crippen molar-refractivity contribution >= 4 is 6.03 Å². The molecule has 0 spiro atoms. The normalized spacial score (nSPS) is 17.4. The molecule has 0 aliphatic carbocycles. The van der Waals surface area contributed by atoms with Crippen molar-refractivity contribution in [2.45, 2.75) is 38.8 Å². The lowest BCUT2D eigenvalue weighted by Crippen LogP contribution is -2.40. The first-order valence-electron chi connectivity index (χ1n) is 8.39. The van der Waals surface area contributed by atoms with Crippen LogP contribution in [-0.4, -0.2) is 33.8 Å². The van der Waals surface area contributed by atoms with E-state index in [0.717, 1.165) is 38.0 Å². The van der Waals surface area contributed by atoms with E-state index >= 15 is 0 Å². The number of urea groups is 1. The van der Waals surface area contributed by atoms with E-state index in [4.69, 9.17) is 0 Å². The van der Waals surface area contributed by atoms with Gasteiger partial charge in [0, 0.05) is 25.8 Å². The minimum atomic E-state index is 0.0345. The minimum absolute atomic E-state index is 0.0345. The summed E-state index contributed by atoms with van der Waals surface area (Å²) in [5, 5.41) is 7.39. The lowest BCUT2D eigenvalue weighted by atomic mass is 10.1. The molecule has 3 rings (SSSR count). The molecule has 5 heteroatoms. The molecule has 122 valence electrons. The van der Waals surface area contributed by atoms with E-state index in [1.54, 1.807) is 0 Å². The van der Waals surface area contributed by atoms with Crippen molar-refractivity contribution in [1.82, 2.24) is 20.0 Å². The summed E-state index contributed by atoms with van der Waals surface area (Å²) in [5.41, 5.74) is 2.39. The van der Waals surface area contributed by atoms with Crippen LogP contribution >= 0.6 is 0 Å². The number of nitrogens with one attached hydrogen (secondary N) is 1. The number of carbonyl (C=O) groups excluding carboxylic acids is 1. The van der Waals surface area contributed by atoms with Gasteiger partial charge in [0.25, 0.3) is 0 Å². The molecule has 1 N–H and O–H groups in total. The monoisotopic (exact) mass is 312 g/mol. The average molecular weight is 312 g/mol. The largest absolute Gasteiger partial charge is 0.338 e. The van der Waals surface area contributed by atoms with Gasteiger partial charge in [-0.3, -0.25) is 4.68 Å². The van der Waals surface area contributed by atoms with E-state index < -0.39 is 0 Å². The van der Waals surface area contributed by atoms with Gasteiger partial charge in [0.05, 0.1) is 11.7 Å². The Balaban J connectivity index is 1.58. The highest BCUT2D eigenvalue weighted by molar-refractivity contribution is 5.75. The molecular formula is C18H24N4O. The van der Waals surface area contributed by atoms with Crippen LogP contribution in [0.3, 0.4) is 0 Å². The first-order valence-corrected chi connectivity index (χ1v) is 8.39. The van der Waals surface area contributed by atoms with Gasteiger partial charge in [0.1, 0.15) is 0 Å². The Hall–Kier alpha value is -2.30. The van der Waals surface area contributed by atoms with Crippen molar-refractivity contribution < 1.29 is 4.79 Å². The van der Waals surface area contributed by atoms with Gasteiger partial charge in [0.2, 0.25) is 0 Å². The Kier molecular flexibility index (Phi) is 4.95. The molecule has 2 amide bonds. The van der Waals surface area contributed by atoms with Crippen LogP contribution in [0.4, 0.5) is 4.79 Å². The maximum Gasteiger partial charge on any atom is 0.317 e. The molecule has 2 heterocycles. The summed E-state index contributed by atoms with van der Waals surface area (Å²) >= 11 is 0. The van der Waals surface area contributed by atoms with Crippen molar-refractivity contribution in [2.24, 2.45) is 0 Å². The Morgan fingerprint density at radius 2 is 2.13 bits per heavy atom. The van der Waals surface area contributed by atoms with Crippen molar-refractivity contribution in [1.29, 1.82) is 0 Å². The SMILES string of the molecule is CCn1nccc1[C@@H]1CCCN1C(=O)NCCc1ccccc1. The summed E-state index contributed by atoms with van der Waals surface area (Å²) in [4.78, 5) is 14.5. The minimum Gasteiger partial charge on any atom is -0.338 e. The number of nitrogens with zero attached hydrogens (tertiary/aromatic N) is 3. The summed E-state index contributed by atoms with van der Waals surface area (Å²) in [6.45, 7) is 4.40. The zero-order chi connectivity index (χ0) is 16.1. The molecule has 23 heavy (non-hydrogen) atoms. The molecule has 1 aromatic heterocycles. The van der Waals surface area contributed by atoms with E-state index in [2.05, 4.69) is 29.5 Å². The van der Waals surface area contributed by atoms with Gasteiger partial charge in [-0.25, -0.2) is 4.79 Å². The summed E-state index contributed by atoms with van der Waals surface area (Å²) < 4.78 is 1.99. The summed E-state index contributed by atoms with van der Waals surface area (Å²) in [6, 6.07) is 12.5. The second-order valence-corrected chi connectivity index (χ2v) is 5.89. The number of benzene rings is 1. The second kappa shape index (κ2) is 7.31. The Labute approximate surface area is 137 Å². The maximum absolute atomic E-state index is 12.5. The van der Waals surface area contributed by atoms with Gasteiger partial charge in [-0.05, 0) is 37.8 Å². The highest BCUT2D eigenvalue weighted by atomic mass is 16.2. The number of carbonyl (C=O) groups is 1. The first-order chi connectivity index (χ1) is 11.3. The lowest BCUT2D eigenvalue weighted by Gasteiger charge is -2.25. The van der Waals surface area contributed by atoms with Gasteiger partial charge in [-0.1, -0.05) is 30.3 Å². The molecule has 5 nitrogen and oxygen atoms in total. The molecule has 2 aromatic rings. The second-order valence-electron chi connectivity index (χ2n) is 5.89. The standard InChI is InChI=1S/C18H24N4O/c1-2-22-17(11-13-20-22)16-9-6-14-21(16)18(23)19-12-10-15-7-4-3-5-8-15/h3-5,7-8,11,13,16H,2,6,9-10,12,14H2,1H3,(H,19,23)/t16-/m0/s1. The zero-order valence-corrected chi connectivity index (χ0v) is 13.6. The van der Waals surface area contributed by atoms with Crippen LogP contribution in [0.2, 0.25) is 0 Å². The summed E-state index contributed by atoms with van der Waals surface area (Å²) in [7, 11) is 0. The van der Waals surface area contributed by atoms with Gasteiger partial charge >= 0.3 is 6.03 Å². The quantitative estimate of drug-likeness (QED) is 0.922. The molecule has 1 aliphatic heterocycles.